The minimum Gasteiger partial charge on any atom is -0.352 e. The Morgan fingerprint density at radius 3 is 2.12 bits per heavy atom. The number of rotatable bonds is 5. The number of carbonyl (C=O) groups excluding carboxylic acids is 2. The van der Waals surface area contributed by atoms with Gasteiger partial charge in [0.15, 0.2) is 0 Å². The van der Waals surface area contributed by atoms with Crippen molar-refractivity contribution in [2.75, 3.05) is 13.6 Å². The van der Waals surface area contributed by atoms with E-state index >= 15 is 0 Å². The van der Waals surface area contributed by atoms with Gasteiger partial charge >= 0.3 is 0 Å². The van der Waals surface area contributed by atoms with Gasteiger partial charge in [-0.2, -0.15) is 0 Å². The Morgan fingerprint density at radius 2 is 1.50 bits per heavy atom. The number of hydrogen-bond donors (Lipinski definition) is 1. The van der Waals surface area contributed by atoms with Crippen molar-refractivity contribution in [3.05, 3.63) is 71.8 Å². The van der Waals surface area contributed by atoms with E-state index in [1.54, 1.807) is 19.2 Å². The summed E-state index contributed by atoms with van der Waals surface area (Å²) in [5, 5.41) is 3.10. The molecule has 2 amide bonds. The Kier molecular flexibility index (Phi) is 6.05. The van der Waals surface area contributed by atoms with E-state index in [9.17, 15) is 9.59 Å². The lowest BCUT2D eigenvalue weighted by atomic mass is 9.82. The summed E-state index contributed by atoms with van der Waals surface area (Å²) in [4.78, 5) is 26.1. The zero-order valence-corrected chi connectivity index (χ0v) is 15.2. The molecule has 1 saturated carbocycles. The largest absolute Gasteiger partial charge is 0.352 e. The summed E-state index contributed by atoms with van der Waals surface area (Å²) in [7, 11) is 1.67. The van der Waals surface area contributed by atoms with Gasteiger partial charge in [-0.3, -0.25) is 9.59 Å². The molecular weight excluding hydrogens is 324 g/mol. The van der Waals surface area contributed by atoms with Crippen LogP contribution in [0.5, 0.6) is 0 Å². The first-order valence-electron chi connectivity index (χ1n) is 9.28. The highest BCUT2D eigenvalue weighted by Gasteiger charge is 2.24. The van der Waals surface area contributed by atoms with E-state index in [2.05, 4.69) is 29.6 Å². The normalized spacial score (nSPS) is 19.6. The van der Waals surface area contributed by atoms with Crippen LogP contribution in [0.3, 0.4) is 0 Å². The number of amides is 2. The minimum atomic E-state index is -0.131. The smallest absolute Gasteiger partial charge is 0.254 e. The van der Waals surface area contributed by atoms with E-state index in [4.69, 9.17) is 0 Å². The third kappa shape index (κ3) is 4.72. The number of nitrogens with zero attached hydrogens (tertiary/aromatic N) is 1. The molecule has 1 fully saturated rings. The van der Waals surface area contributed by atoms with Crippen LogP contribution >= 0.6 is 0 Å². The standard InChI is InChI=1S/C22H26N2O2/c1-24(22(26)19-10-6-3-7-11-19)16-21(25)23-20-14-12-18(13-15-20)17-8-4-2-5-9-17/h2-11,18,20H,12-16H2,1H3,(H,23,25). The molecule has 0 spiro atoms. The summed E-state index contributed by atoms with van der Waals surface area (Å²) in [6.45, 7) is 0.0896. The Bertz CT molecular complexity index is 722. The lowest BCUT2D eigenvalue weighted by Crippen LogP contribution is -2.43. The van der Waals surface area contributed by atoms with Crippen molar-refractivity contribution in [2.45, 2.75) is 37.6 Å². The Labute approximate surface area is 155 Å². The molecule has 0 heterocycles. The monoisotopic (exact) mass is 350 g/mol. The Hall–Kier alpha value is -2.62. The summed E-state index contributed by atoms with van der Waals surface area (Å²) in [5.74, 6) is 0.375. The fourth-order valence-electron chi connectivity index (χ4n) is 3.66. The highest BCUT2D eigenvalue weighted by molar-refractivity contribution is 5.96. The molecule has 0 aromatic heterocycles. The molecule has 2 aromatic rings. The summed E-state index contributed by atoms with van der Waals surface area (Å²) in [6, 6.07) is 19.9. The van der Waals surface area contributed by atoms with Crippen LogP contribution in [0.1, 0.15) is 47.5 Å². The van der Waals surface area contributed by atoms with Gasteiger partial charge in [0, 0.05) is 18.7 Å². The maximum absolute atomic E-state index is 12.3. The van der Waals surface area contributed by atoms with Gasteiger partial charge in [0.1, 0.15) is 0 Å². The first-order valence-corrected chi connectivity index (χ1v) is 9.28. The summed E-state index contributed by atoms with van der Waals surface area (Å²) < 4.78 is 0. The SMILES string of the molecule is CN(CC(=O)NC1CCC(c2ccccc2)CC1)C(=O)c1ccccc1. The van der Waals surface area contributed by atoms with Crippen LogP contribution in [-0.4, -0.2) is 36.3 Å². The van der Waals surface area contributed by atoms with Crippen molar-refractivity contribution in [1.29, 1.82) is 0 Å². The number of hydrogen-bond acceptors (Lipinski definition) is 2. The van der Waals surface area contributed by atoms with Gasteiger partial charge in [-0.05, 0) is 49.3 Å². The Morgan fingerprint density at radius 1 is 0.923 bits per heavy atom. The van der Waals surface area contributed by atoms with Crippen molar-refractivity contribution >= 4 is 11.8 Å². The molecular formula is C22H26N2O2. The van der Waals surface area contributed by atoms with E-state index in [0.29, 0.717) is 11.5 Å². The van der Waals surface area contributed by atoms with Crippen LogP contribution in [0.2, 0.25) is 0 Å². The van der Waals surface area contributed by atoms with Gasteiger partial charge in [0.05, 0.1) is 6.54 Å². The first kappa shape index (κ1) is 18.2. The molecule has 3 rings (SSSR count). The molecule has 26 heavy (non-hydrogen) atoms. The van der Waals surface area contributed by atoms with Gasteiger partial charge < -0.3 is 10.2 Å². The van der Waals surface area contributed by atoms with Crippen LogP contribution in [0.15, 0.2) is 60.7 Å². The maximum Gasteiger partial charge on any atom is 0.254 e. The molecule has 4 heteroatoms. The lowest BCUT2D eigenvalue weighted by Gasteiger charge is -2.30. The van der Waals surface area contributed by atoms with Gasteiger partial charge in [0.2, 0.25) is 5.91 Å². The second-order valence-corrected chi connectivity index (χ2v) is 7.05. The van der Waals surface area contributed by atoms with Crippen LogP contribution in [0.25, 0.3) is 0 Å². The van der Waals surface area contributed by atoms with E-state index in [1.807, 2.05) is 24.3 Å². The molecule has 0 radical (unpaired) electrons. The predicted octanol–water partition coefficient (Wildman–Crippen LogP) is 3.60. The van der Waals surface area contributed by atoms with Crippen molar-refractivity contribution in [3.63, 3.8) is 0 Å². The molecule has 0 unspecified atom stereocenters. The number of carbonyl (C=O) groups is 2. The fraction of sp³-hybridized carbons (Fsp3) is 0.364. The van der Waals surface area contributed by atoms with Gasteiger partial charge in [-0.1, -0.05) is 48.5 Å². The lowest BCUT2D eigenvalue weighted by molar-refractivity contribution is -0.122. The molecule has 2 aromatic carbocycles. The predicted molar refractivity (Wildman–Crippen MR) is 103 cm³/mol. The van der Waals surface area contributed by atoms with Gasteiger partial charge in [-0.25, -0.2) is 0 Å². The molecule has 1 aliphatic rings. The fourth-order valence-corrected chi connectivity index (χ4v) is 3.66. The third-order valence-electron chi connectivity index (χ3n) is 5.11. The van der Waals surface area contributed by atoms with Crippen molar-refractivity contribution < 1.29 is 9.59 Å². The van der Waals surface area contributed by atoms with Crippen LogP contribution in [0.4, 0.5) is 0 Å². The second-order valence-electron chi connectivity index (χ2n) is 7.05. The molecule has 1 aliphatic carbocycles. The number of benzene rings is 2. The molecule has 0 aliphatic heterocycles. The molecule has 0 bridgehead atoms. The zero-order valence-electron chi connectivity index (χ0n) is 15.2. The minimum absolute atomic E-state index is 0.0834. The first-order chi connectivity index (χ1) is 12.6. The molecule has 0 saturated heterocycles. The van der Waals surface area contributed by atoms with Gasteiger partial charge in [-0.15, -0.1) is 0 Å². The third-order valence-corrected chi connectivity index (χ3v) is 5.11. The quantitative estimate of drug-likeness (QED) is 0.896. The molecule has 1 N–H and O–H groups in total. The van der Waals surface area contributed by atoms with Crippen LogP contribution in [0, 0.1) is 0 Å². The van der Waals surface area contributed by atoms with E-state index in [-0.39, 0.29) is 24.4 Å². The average Bonchev–Trinajstić information content (AvgIpc) is 2.69. The topological polar surface area (TPSA) is 49.4 Å². The molecule has 0 atom stereocenters. The molecule has 136 valence electrons. The molecule has 4 nitrogen and oxygen atoms in total. The van der Waals surface area contributed by atoms with Crippen LogP contribution < -0.4 is 5.32 Å². The zero-order chi connectivity index (χ0) is 18.4. The van der Waals surface area contributed by atoms with Crippen molar-refractivity contribution in [2.24, 2.45) is 0 Å². The van der Waals surface area contributed by atoms with Crippen molar-refractivity contribution in [3.8, 4) is 0 Å². The van der Waals surface area contributed by atoms with E-state index < -0.39 is 0 Å². The maximum atomic E-state index is 12.3. The Balaban J connectivity index is 1.45. The van der Waals surface area contributed by atoms with E-state index in [0.717, 1.165) is 25.7 Å². The second kappa shape index (κ2) is 8.65. The summed E-state index contributed by atoms with van der Waals surface area (Å²) >= 11 is 0. The number of nitrogens with one attached hydrogen (secondary N) is 1. The average molecular weight is 350 g/mol. The highest BCUT2D eigenvalue weighted by atomic mass is 16.2. The summed E-state index contributed by atoms with van der Waals surface area (Å²) in [5.41, 5.74) is 2.00. The summed E-state index contributed by atoms with van der Waals surface area (Å²) in [6.07, 6.45) is 4.16. The number of likely N-dealkylation sites (N-methyl/N-ethyl adjacent to an activating group) is 1. The highest BCUT2D eigenvalue weighted by Crippen LogP contribution is 2.32. The van der Waals surface area contributed by atoms with Crippen LogP contribution in [-0.2, 0) is 4.79 Å². The van der Waals surface area contributed by atoms with Crippen molar-refractivity contribution in [1.82, 2.24) is 10.2 Å². The van der Waals surface area contributed by atoms with Gasteiger partial charge in [0.25, 0.3) is 5.91 Å². The van der Waals surface area contributed by atoms with E-state index in [1.165, 1.54) is 10.5 Å².